The first kappa shape index (κ1) is 13.1. The topological polar surface area (TPSA) is 24.9 Å². The fourth-order valence-electron chi connectivity index (χ4n) is 1.88. The van der Waals surface area contributed by atoms with Crippen molar-refractivity contribution < 1.29 is 0 Å². The van der Waals surface area contributed by atoms with Crippen LogP contribution in [0.1, 0.15) is 9.88 Å². The van der Waals surface area contributed by atoms with E-state index < -0.39 is 0 Å². The number of hydrogen-bond donors (Lipinski definition) is 1. The summed E-state index contributed by atoms with van der Waals surface area (Å²) in [6.45, 7) is 1.82. The quantitative estimate of drug-likeness (QED) is 0.709. The average Bonchev–Trinajstić information content (AvgIpc) is 3.00. The zero-order chi connectivity index (χ0) is 13.1. The molecular weight excluding hydrogens is 296 g/mol. The van der Waals surface area contributed by atoms with Gasteiger partial charge in [-0.2, -0.15) is 0 Å². The fraction of sp³-hybridized carbons (Fsp3) is 0.214. The van der Waals surface area contributed by atoms with E-state index in [1.54, 1.807) is 22.7 Å². The number of aromatic nitrogens is 1. The molecule has 3 rings (SSSR count). The maximum Gasteiger partial charge on any atom is 0.0951 e. The van der Waals surface area contributed by atoms with Crippen LogP contribution in [-0.4, -0.2) is 11.5 Å². The van der Waals surface area contributed by atoms with Crippen LogP contribution < -0.4 is 5.32 Å². The number of thiazole rings is 1. The van der Waals surface area contributed by atoms with E-state index in [9.17, 15) is 0 Å². The van der Waals surface area contributed by atoms with Gasteiger partial charge in [0.1, 0.15) is 0 Å². The molecule has 1 aromatic carbocycles. The average molecular weight is 309 g/mol. The fourth-order valence-corrected chi connectivity index (χ4v) is 3.90. The van der Waals surface area contributed by atoms with Gasteiger partial charge in [0, 0.05) is 24.4 Å². The molecule has 0 aliphatic carbocycles. The van der Waals surface area contributed by atoms with Gasteiger partial charge in [0.15, 0.2) is 0 Å². The predicted octanol–water partition coefficient (Wildman–Crippen LogP) is 4.34. The van der Waals surface area contributed by atoms with Crippen molar-refractivity contribution >= 4 is 44.5 Å². The lowest BCUT2D eigenvalue weighted by Crippen LogP contribution is -2.15. The standard InChI is InChI=1S/C14H13ClN2S2/c15-13-6-5-10(18-13)9-16-8-7-14-17-11-3-1-2-4-12(11)19-14/h1-6,16H,7-9H2. The molecule has 0 bridgehead atoms. The van der Waals surface area contributed by atoms with Crippen LogP contribution in [-0.2, 0) is 13.0 Å². The number of halogens is 1. The van der Waals surface area contributed by atoms with Crippen molar-refractivity contribution in [2.45, 2.75) is 13.0 Å². The van der Waals surface area contributed by atoms with E-state index in [-0.39, 0.29) is 0 Å². The maximum atomic E-state index is 5.90. The summed E-state index contributed by atoms with van der Waals surface area (Å²) in [6.07, 6.45) is 0.971. The van der Waals surface area contributed by atoms with Crippen LogP contribution in [0, 0.1) is 0 Å². The smallest absolute Gasteiger partial charge is 0.0951 e. The highest BCUT2D eigenvalue weighted by Gasteiger charge is 2.03. The molecule has 19 heavy (non-hydrogen) atoms. The zero-order valence-corrected chi connectivity index (χ0v) is 12.6. The lowest BCUT2D eigenvalue weighted by atomic mass is 10.3. The SMILES string of the molecule is Clc1ccc(CNCCc2nc3ccccc3s2)s1. The van der Waals surface area contributed by atoms with Crippen molar-refractivity contribution in [1.82, 2.24) is 10.3 Å². The van der Waals surface area contributed by atoms with Gasteiger partial charge >= 0.3 is 0 Å². The molecular formula is C14H13ClN2S2. The molecule has 0 aliphatic heterocycles. The summed E-state index contributed by atoms with van der Waals surface area (Å²) in [7, 11) is 0. The van der Waals surface area contributed by atoms with Crippen LogP contribution in [0.5, 0.6) is 0 Å². The van der Waals surface area contributed by atoms with Crippen molar-refractivity contribution in [2.75, 3.05) is 6.54 Å². The molecule has 0 spiro atoms. The molecule has 0 radical (unpaired) electrons. The summed E-state index contributed by atoms with van der Waals surface area (Å²) in [6, 6.07) is 12.3. The number of nitrogens with zero attached hydrogens (tertiary/aromatic N) is 1. The molecule has 2 nitrogen and oxygen atoms in total. The van der Waals surface area contributed by atoms with Crippen molar-refractivity contribution in [3.63, 3.8) is 0 Å². The molecule has 3 aromatic rings. The van der Waals surface area contributed by atoms with Gasteiger partial charge in [-0.3, -0.25) is 0 Å². The summed E-state index contributed by atoms with van der Waals surface area (Å²) < 4.78 is 2.12. The summed E-state index contributed by atoms with van der Waals surface area (Å²) in [4.78, 5) is 5.89. The Kier molecular flexibility index (Phi) is 4.13. The van der Waals surface area contributed by atoms with E-state index in [1.807, 2.05) is 12.1 Å². The van der Waals surface area contributed by atoms with Crippen molar-refractivity contribution in [2.24, 2.45) is 0 Å². The first-order valence-electron chi connectivity index (χ1n) is 6.10. The number of nitrogens with one attached hydrogen (secondary N) is 1. The molecule has 2 aromatic heterocycles. The number of benzene rings is 1. The first-order chi connectivity index (χ1) is 9.31. The van der Waals surface area contributed by atoms with Crippen LogP contribution in [0.4, 0.5) is 0 Å². The molecule has 0 saturated heterocycles. The highest BCUT2D eigenvalue weighted by atomic mass is 35.5. The molecule has 0 amide bonds. The van der Waals surface area contributed by atoms with Crippen molar-refractivity contribution in [3.8, 4) is 0 Å². The summed E-state index contributed by atoms with van der Waals surface area (Å²) in [5.41, 5.74) is 1.10. The lowest BCUT2D eigenvalue weighted by molar-refractivity contribution is 0.692. The highest BCUT2D eigenvalue weighted by Crippen LogP contribution is 2.22. The molecule has 0 aliphatic rings. The van der Waals surface area contributed by atoms with Gasteiger partial charge in [-0.1, -0.05) is 23.7 Å². The first-order valence-corrected chi connectivity index (χ1v) is 8.12. The van der Waals surface area contributed by atoms with E-state index in [4.69, 9.17) is 11.6 Å². The van der Waals surface area contributed by atoms with Gasteiger partial charge in [0.05, 0.1) is 19.6 Å². The van der Waals surface area contributed by atoms with Gasteiger partial charge in [-0.15, -0.1) is 22.7 Å². The zero-order valence-electron chi connectivity index (χ0n) is 10.2. The van der Waals surface area contributed by atoms with Crippen LogP contribution in [0.15, 0.2) is 36.4 Å². The van der Waals surface area contributed by atoms with E-state index in [0.717, 1.165) is 29.4 Å². The Bertz CT molecular complexity index is 642. The second-order valence-electron chi connectivity index (χ2n) is 4.21. The van der Waals surface area contributed by atoms with Gasteiger partial charge in [-0.05, 0) is 24.3 Å². The third-order valence-electron chi connectivity index (χ3n) is 2.78. The third kappa shape index (κ3) is 3.34. The Morgan fingerprint density at radius 3 is 2.79 bits per heavy atom. The van der Waals surface area contributed by atoms with E-state index in [2.05, 4.69) is 34.6 Å². The predicted molar refractivity (Wildman–Crippen MR) is 84.4 cm³/mol. The Morgan fingerprint density at radius 1 is 1.11 bits per heavy atom. The van der Waals surface area contributed by atoms with E-state index in [1.165, 1.54) is 14.6 Å². The number of hydrogen-bond acceptors (Lipinski definition) is 4. The molecule has 0 saturated carbocycles. The lowest BCUT2D eigenvalue weighted by Gasteiger charge is -2.00. The summed E-state index contributed by atoms with van der Waals surface area (Å²) in [5.74, 6) is 0. The van der Waals surface area contributed by atoms with Crippen LogP contribution in [0.25, 0.3) is 10.2 Å². The Labute approximate surface area is 125 Å². The van der Waals surface area contributed by atoms with Crippen LogP contribution >= 0.6 is 34.3 Å². The van der Waals surface area contributed by atoms with Crippen LogP contribution in [0.2, 0.25) is 4.34 Å². The third-order valence-corrected chi connectivity index (χ3v) is 5.11. The minimum atomic E-state index is 0.850. The minimum Gasteiger partial charge on any atom is -0.311 e. The second-order valence-corrected chi connectivity index (χ2v) is 7.12. The number of fused-ring (bicyclic) bond motifs is 1. The Morgan fingerprint density at radius 2 is 2.00 bits per heavy atom. The molecule has 0 atom stereocenters. The second kappa shape index (κ2) is 6.01. The molecule has 98 valence electrons. The van der Waals surface area contributed by atoms with E-state index >= 15 is 0 Å². The molecule has 0 unspecified atom stereocenters. The molecule has 2 heterocycles. The Balaban J connectivity index is 1.52. The summed E-state index contributed by atoms with van der Waals surface area (Å²) in [5, 5.41) is 4.62. The highest BCUT2D eigenvalue weighted by molar-refractivity contribution is 7.18. The maximum absolute atomic E-state index is 5.90. The van der Waals surface area contributed by atoms with Gasteiger partial charge in [0.25, 0.3) is 0 Å². The normalized spacial score (nSPS) is 11.2. The van der Waals surface area contributed by atoms with Crippen LogP contribution in [0.3, 0.4) is 0 Å². The summed E-state index contributed by atoms with van der Waals surface area (Å²) >= 11 is 9.30. The largest absolute Gasteiger partial charge is 0.311 e. The van der Waals surface area contributed by atoms with Crippen molar-refractivity contribution in [3.05, 3.63) is 50.6 Å². The molecule has 1 N–H and O–H groups in total. The Hall–Kier alpha value is -0.940. The van der Waals surface area contributed by atoms with Crippen molar-refractivity contribution in [1.29, 1.82) is 0 Å². The monoisotopic (exact) mass is 308 g/mol. The van der Waals surface area contributed by atoms with E-state index in [0.29, 0.717) is 0 Å². The number of rotatable bonds is 5. The minimum absolute atomic E-state index is 0.850. The molecule has 5 heteroatoms. The number of thiophene rings is 1. The number of para-hydroxylation sites is 1. The van der Waals surface area contributed by atoms with Gasteiger partial charge in [-0.25, -0.2) is 4.98 Å². The van der Waals surface area contributed by atoms with Gasteiger partial charge in [0.2, 0.25) is 0 Å². The van der Waals surface area contributed by atoms with Gasteiger partial charge < -0.3 is 5.32 Å². The molecule has 0 fully saturated rings.